The van der Waals surface area contributed by atoms with Crippen LogP contribution in [0.5, 0.6) is 0 Å². The van der Waals surface area contributed by atoms with Gasteiger partial charge >= 0.3 is 6.09 Å². The number of carbonyl (C=O) groups excluding carboxylic acids is 1. The summed E-state index contributed by atoms with van der Waals surface area (Å²) in [5, 5.41) is 0. The highest BCUT2D eigenvalue weighted by Crippen LogP contribution is 2.13. The van der Waals surface area contributed by atoms with Gasteiger partial charge in [0.2, 0.25) is 0 Å². The largest absolute Gasteiger partial charge is 0.444 e. The monoisotopic (exact) mass is 285 g/mol. The Kier molecular flexibility index (Phi) is 5.83. The van der Waals surface area contributed by atoms with E-state index < -0.39 is 5.60 Å². The SMILES string of the molecule is C[C@@H]1CN(CCN(C)C(=O)OC(C)(C)C)C[C@H](C)N1C. The van der Waals surface area contributed by atoms with E-state index in [2.05, 4.69) is 30.7 Å². The van der Waals surface area contributed by atoms with Gasteiger partial charge < -0.3 is 9.64 Å². The normalized spacial score (nSPS) is 25.6. The highest BCUT2D eigenvalue weighted by atomic mass is 16.6. The fourth-order valence-electron chi connectivity index (χ4n) is 2.42. The van der Waals surface area contributed by atoms with Gasteiger partial charge in [-0.1, -0.05) is 0 Å². The van der Waals surface area contributed by atoms with Crippen LogP contribution in [-0.2, 0) is 4.74 Å². The van der Waals surface area contributed by atoms with E-state index in [4.69, 9.17) is 4.74 Å². The van der Waals surface area contributed by atoms with E-state index in [0.717, 1.165) is 19.6 Å². The number of carbonyl (C=O) groups is 1. The minimum Gasteiger partial charge on any atom is -0.444 e. The first-order valence-electron chi connectivity index (χ1n) is 7.48. The van der Waals surface area contributed by atoms with Gasteiger partial charge in [-0.15, -0.1) is 0 Å². The maximum atomic E-state index is 11.9. The van der Waals surface area contributed by atoms with E-state index in [-0.39, 0.29) is 6.09 Å². The van der Waals surface area contributed by atoms with E-state index in [1.54, 1.807) is 11.9 Å². The van der Waals surface area contributed by atoms with Gasteiger partial charge in [-0.3, -0.25) is 9.80 Å². The van der Waals surface area contributed by atoms with Gasteiger partial charge in [0.15, 0.2) is 0 Å². The smallest absolute Gasteiger partial charge is 0.410 e. The highest BCUT2D eigenvalue weighted by molar-refractivity contribution is 5.67. The van der Waals surface area contributed by atoms with Crippen molar-refractivity contribution in [1.82, 2.24) is 14.7 Å². The molecule has 0 spiro atoms. The van der Waals surface area contributed by atoms with Crippen LogP contribution in [0.3, 0.4) is 0 Å². The van der Waals surface area contributed by atoms with Crippen LogP contribution >= 0.6 is 0 Å². The lowest BCUT2D eigenvalue weighted by atomic mass is 10.1. The molecule has 0 aromatic carbocycles. The number of piperazine rings is 1. The van der Waals surface area contributed by atoms with Gasteiger partial charge in [-0.2, -0.15) is 0 Å². The number of hydrogen-bond acceptors (Lipinski definition) is 4. The second-order valence-electron chi connectivity index (χ2n) is 7.02. The van der Waals surface area contributed by atoms with Gasteiger partial charge in [-0.25, -0.2) is 4.79 Å². The van der Waals surface area contributed by atoms with Crippen molar-refractivity contribution in [2.24, 2.45) is 0 Å². The quantitative estimate of drug-likeness (QED) is 0.793. The number of likely N-dealkylation sites (N-methyl/N-ethyl adjacent to an activating group) is 2. The summed E-state index contributed by atoms with van der Waals surface area (Å²) < 4.78 is 5.36. The lowest BCUT2D eigenvalue weighted by Gasteiger charge is -2.42. The molecule has 0 N–H and O–H groups in total. The third-order valence-electron chi connectivity index (χ3n) is 3.89. The summed E-state index contributed by atoms with van der Waals surface area (Å²) in [5.41, 5.74) is -0.428. The summed E-state index contributed by atoms with van der Waals surface area (Å²) in [6, 6.07) is 1.12. The van der Waals surface area contributed by atoms with Gasteiger partial charge in [0.25, 0.3) is 0 Å². The van der Waals surface area contributed by atoms with Crippen LogP contribution in [0.2, 0.25) is 0 Å². The molecule has 0 unspecified atom stereocenters. The zero-order valence-corrected chi connectivity index (χ0v) is 14.1. The maximum absolute atomic E-state index is 11.9. The third kappa shape index (κ3) is 5.29. The second kappa shape index (κ2) is 6.76. The molecular weight excluding hydrogens is 254 g/mol. The molecule has 1 aliphatic heterocycles. The lowest BCUT2D eigenvalue weighted by molar-refractivity contribution is 0.0230. The van der Waals surface area contributed by atoms with Gasteiger partial charge in [-0.05, 0) is 41.7 Å². The van der Waals surface area contributed by atoms with Crippen LogP contribution < -0.4 is 0 Å². The molecule has 1 amide bonds. The molecule has 1 aliphatic rings. The molecule has 0 aromatic rings. The van der Waals surface area contributed by atoms with Crippen molar-refractivity contribution < 1.29 is 9.53 Å². The summed E-state index contributed by atoms with van der Waals surface area (Å²) in [6.07, 6.45) is -0.243. The first-order chi connectivity index (χ1) is 9.10. The molecule has 0 aromatic heterocycles. The predicted molar refractivity (Wildman–Crippen MR) is 82.0 cm³/mol. The molecule has 20 heavy (non-hydrogen) atoms. The summed E-state index contributed by atoms with van der Waals surface area (Å²) in [6.45, 7) is 13.9. The van der Waals surface area contributed by atoms with E-state index in [1.807, 2.05) is 20.8 Å². The second-order valence-corrected chi connectivity index (χ2v) is 7.02. The molecule has 1 rings (SSSR count). The highest BCUT2D eigenvalue weighted by Gasteiger charge is 2.27. The Labute approximate surface area is 123 Å². The average molecular weight is 285 g/mol. The van der Waals surface area contributed by atoms with Crippen molar-refractivity contribution in [2.75, 3.05) is 40.3 Å². The van der Waals surface area contributed by atoms with Crippen molar-refractivity contribution in [3.8, 4) is 0 Å². The minimum absolute atomic E-state index is 0.243. The zero-order valence-electron chi connectivity index (χ0n) is 14.1. The Morgan fingerprint density at radius 2 is 1.75 bits per heavy atom. The molecular formula is C15H31N3O2. The predicted octanol–water partition coefficient (Wildman–Crippen LogP) is 1.88. The lowest BCUT2D eigenvalue weighted by Crippen LogP contribution is -2.56. The Morgan fingerprint density at radius 1 is 1.25 bits per heavy atom. The number of nitrogens with zero attached hydrogens (tertiary/aromatic N) is 3. The van der Waals surface area contributed by atoms with Crippen LogP contribution in [0.15, 0.2) is 0 Å². The number of amides is 1. The van der Waals surface area contributed by atoms with Crippen LogP contribution in [-0.4, -0.2) is 78.8 Å². The fraction of sp³-hybridized carbons (Fsp3) is 0.933. The third-order valence-corrected chi connectivity index (χ3v) is 3.89. The molecule has 118 valence electrons. The maximum Gasteiger partial charge on any atom is 0.410 e. The van der Waals surface area contributed by atoms with E-state index in [1.165, 1.54) is 0 Å². The topological polar surface area (TPSA) is 36.0 Å². The standard InChI is InChI=1S/C15H31N3O2/c1-12-10-18(11-13(2)17(12)7)9-8-16(6)14(19)20-15(3,4)5/h12-13H,8-11H2,1-7H3/t12-,13+. The summed E-state index contributed by atoms with van der Waals surface area (Å²) in [5.74, 6) is 0. The Morgan fingerprint density at radius 3 is 2.20 bits per heavy atom. The van der Waals surface area contributed by atoms with Gasteiger partial charge in [0, 0.05) is 45.3 Å². The van der Waals surface area contributed by atoms with Crippen LogP contribution in [0, 0.1) is 0 Å². The van der Waals surface area contributed by atoms with Gasteiger partial charge in [0.05, 0.1) is 0 Å². The molecule has 0 aliphatic carbocycles. The van der Waals surface area contributed by atoms with Crippen LogP contribution in [0.25, 0.3) is 0 Å². The summed E-state index contributed by atoms with van der Waals surface area (Å²) in [4.78, 5) is 18.4. The van der Waals surface area contributed by atoms with Crippen LogP contribution in [0.1, 0.15) is 34.6 Å². The Balaban J connectivity index is 2.38. The van der Waals surface area contributed by atoms with E-state index in [9.17, 15) is 4.79 Å². The molecule has 2 atom stereocenters. The van der Waals surface area contributed by atoms with Crippen molar-refractivity contribution in [1.29, 1.82) is 0 Å². The van der Waals surface area contributed by atoms with Crippen molar-refractivity contribution in [3.05, 3.63) is 0 Å². The van der Waals surface area contributed by atoms with Crippen molar-refractivity contribution in [3.63, 3.8) is 0 Å². The molecule has 1 heterocycles. The van der Waals surface area contributed by atoms with Gasteiger partial charge in [0.1, 0.15) is 5.60 Å². The Bertz CT molecular complexity index is 316. The van der Waals surface area contributed by atoms with Crippen LogP contribution in [0.4, 0.5) is 4.79 Å². The molecule has 0 saturated carbocycles. The molecule has 0 bridgehead atoms. The summed E-state index contributed by atoms with van der Waals surface area (Å²) >= 11 is 0. The number of ether oxygens (including phenoxy) is 1. The number of hydrogen-bond donors (Lipinski definition) is 0. The average Bonchev–Trinajstić information content (AvgIpc) is 2.30. The first-order valence-corrected chi connectivity index (χ1v) is 7.48. The molecule has 0 radical (unpaired) electrons. The minimum atomic E-state index is -0.428. The van der Waals surface area contributed by atoms with Crippen molar-refractivity contribution in [2.45, 2.75) is 52.3 Å². The molecule has 5 heteroatoms. The molecule has 5 nitrogen and oxygen atoms in total. The van der Waals surface area contributed by atoms with Crippen molar-refractivity contribution >= 4 is 6.09 Å². The zero-order chi connectivity index (χ0) is 15.5. The fourth-order valence-corrected chi connectivity index (χ4v) is 2.42. The molecule has 1 fully saturated rings. The van der Waals surface area contributed by atoms with E-state index >= 15 is 0 Å². The summed E-state index contributed by atoms with van der Waals surface area (Å²) in [7, 11) is 3.98. The molecule has 1 saturated heterocycles. The Hall–Kier alpha value is -0.810. The number of rotatable bonds is 3. The van der Waals surface area contributed by atoms with E-state index in [0.29, 0.717) is 18.6 Å². The first kappa shape index (κ1) is 17.2.